The lowest BCUT2D eigenvalue weighted by atomic mass is 10.1. The zero-order chi connectivity index (χ0) is 12.8. The molecular formula is C14H12N2O2. The summed E-state index contributed by atoms with van der Waals surface area (Å²) in [6.07, 6.45) is 3.35. The van der Waals surface area contributed by atoms with E-state index in [1.54, 1.807) is 24.6 Å². The van der Waals surface area contributed by atoms with Crippen molar-refractivity contribution in [2.24, 2.45) is 0 Å². The van der Waals surface area contributed by atoms with Crippen molar-refractivity contribution in [2.45, 2.75) is 13.5 Å². The maximum atomic E-state index is 8.59. The van der Waals surface area contributed by atoms with Gasteiger partial charge in [0.2, 0.25) is 5.88 Å². The first-order valence-corrected chi connectivity index (χ1v) is 5.49. The van der Waals surface area contributed by atoms with Crippen molar-refractivity contribution in [3.8, 4) is 17.9 Å². The third kappa shape index (κ3) is 2.77. The zero-order valence-electron chi connectivity index (χ0n) is 9.96. The number of nitrogens with zero attached hydrogens (tertiary/aromatic N) is 2. The van der Waals surface area contributed by atoms with Crippen molar-refractivity contribution in [2.75, 3.05) is 0 Å². The fourth-order valence-corrected chi connectivity index (χ4v) is 1.58. The van der Waals surface area contributed by atoms with Crippen LogP contribution in [0.4, 0.5) is 0 Å². The first kappa shape index (κ1) is 11.9. The fourth-order valence-electron chi connectivity index (χ4n) is 1.58. The Bertz CT molecular complexity index is 562. The lowest BCUT2D eigenvalue weighted by Gasteiger charge is -2.10. The Kier molecular flexibility index (Phi) is 3.77. The number of pyridine rings is 1. The Labute approximate surface area is 105 Å². The van der Waals surface area contributed by atoms with E-state index < -0.39 is 0 Å². The number of nitriles is 1. The summed E-state index contributed by atoms with van der Waals surface area (Å²) >= 11 is 0. The molecule has 0 amide bonds. The van der Waals surface area contributed by atoms with Crippen LogP contribution in [0.1, 0.15) is 11.1 Å². The molecule has 18 heavy (non-hydrogen) atoms. The highest BCUT2D eigenvalue weighted by Gasteiger charge is 2.08. The van der Waals surface area contributed by atoms with Crippen LogP contribution >= 0.6 is 0 Å². The van der Waals surface area contributed by atoms with Gasteiger partial charge in [-0.05, 0) is 24.6 Å². The van der Waals surface area contributed by atoms with Gasteiger partial charge in [-0.15, -0.1) is 5.26 Å². The Morgan fingerprint density at radius 2 is 2.11 bits per heavy atom. The van der Waals surface area contributed by atoms with Gasteiger partial charge >= 0.3 is 0 Å². The molecule has 0 radical (unpaired) electrons. The molecule has 0 saturated heterocycles. The van der Waals surface area contributed by atoms with Gasteiger partial charge in [-0.25, -0.2) is 4.98 Å². The normalized spacial score (nSPS) is 9.56. The van der Waals surface area contributed by atoms with E-state index in [0.29, 0.717) is 18.2 Å². The lowest BCUT2D eigenvalue weighted by Crippen LogP contribution is -2.01. The van der Waals surface area contributed by atoms with Crippen LogP contribution in [0.5, 0.6) is 11.6 Å². The van der Waals surface area contributed by atoms with E-state index in [1.165, 1.54) is 0 Å². The minimum Gasteiger partial charge on any atom is -0.473 e. The summed E-state index contributed by atoms with van der Waals surface area (Å²) in [6, 6.07) is 11.0. The molecule has 4 heteroatoms. The van der Waals surface area contributed by atoms with Crippen molar-refractivity contribution >= 4 is 0 Å². The van der Waals surface area contributed by atoms with Gasteiger partial charge in [0.1, 0.15) is 12.4 Å². The smallest absolute Gasteiger partial charge is 0.292 e. The monoisotopic (exact) mass is 240 g/mol. The molecule has 4 nitrogen and oxygen atoms in total. The third-order valence-corrected chi connectivity index (χ3v) is 2.53. The molecule has 1 aromatic carbocycles. The second kappa shape index (κ2) is 5.69. The van der Waals surface area contributed by atoms with Crippen LogP contribution in [0, 0.1) is 18.4 Å². The quantitative estimate of drug-likeness (QED) is 0.771. The second-order valence-electron chi connectivity index (χ2n) is 3.70. The van der Waals surface area contributed by atoms with Gasteiger partial charge in [-0.3, -0.25) is 0 Å². The van der Waals surface area contributed by atoms with Gasteiger partial charge in [0, 0.05) is 17.8 Å². The second-order valence-corrected chi connectivity index (χ2v) is 3.70. The number of ether oxygens (including phenoxy) is 2. The maximum absolute atomic E-state index is 8.59. The number of aryl methyl sites for hydroxylation is 1. The average molecular weight is 240 g/mol. The van der Waals surface area contributed by atoms with E-state index in [4.69, 9.17) is 14.7 Å². The molecule has 0 fully saturated rings. The molecule has 0 aliphatic rings. The minimum atomic E-state index is 0.320. The molecular weight excluding hydrogens is 228 g/mol. The van der Waals surface area contributed by atoms with E-state index in [1.807, 2.05) is 31.2 Å². The SMILES string of the molecule is Cc1cccc(OC#N)c1COc1ccccn1. The summed E-state index contributed by atoms with van der Waals surface area (Å²) in [7, 11) is 0. The summed E-state index contributed by atoms with van der Waals surface area (Å²) in [4.78, 5) is 4.07. The lowest BCUT2D eigenvalue weighted by molar-refractivity contribution is 0.288. The molecule has 2 aromatic rings. The summed E-state index contributed by atoms with van der Waals surface area (Å²) in [5, 5.41) is 8.59. The fraction of sp³-hybridized carbons (Fsp3) is 0.143. The topological polar surface area (TPSA) is 55.1 Å². The predicted molar refractivity (Wildman–Crippen MR) is 66.0 cm³/mol. The van der Waals surface area contributed by atoms with E-state index in [-0.39, 0.29) is 0 Å². The number of rotatable bonds is 4. The Balaban J connectivity index is 2.16. The van der Waals surface area contributed by atoms with Crippen molar-refractivity contribution in [1.82, 2.24) is 4.98 Å². The molecule has 90 valence electrons. The van der Waals surface area contributed by atoms with Crippen LogP contribution < -0.4 is 9.47 Å². The minimum absolute atomic E-state index is 0.320. The van der Waals surface area contributed by atoms with E-state index in [2.05, 4.69) is 4.98 Å². The van der Waals surface area contributed by atoms with Crippen LogP contribution in [0.15, 0.2) is 42.6 Å². The van der Waals surface area contributed by atoms with Crippen LogP contribution in [-0.2, 0) is 6.61 Å². The maximum Gasteiger partial charge on any atom is 0.292 e. The van der Waals surface area contributed by atoms with Crippen molar-refractivity contribution in [3.63, 3.8) is 0 Å². The molecule has 1 aromatic heterocycles. The Hall–Kier alpha value is -2.54. The van der Waals surface area contributed by atoms with Crippen LogP contribution in [-0.4, -0.2) is 4.98 Å². The van der Waals surface area contributed by atoms with E-state index >= 15 is 0 Å². The Morgan fingerprint density at radius 1 is 1.22 bits per heavy atom. The highest BCUT2D eigenvalue weighted by atomic mass is 16.5. The summed E-state index contributed by atoms with van der Waals surface area (Å²) in [5.74, 6) is 1.07. The van der Waals surface area contributed by atoms with Gasteiger partial charge in [-0.1, -0.05) is 18.2 Å². The van der Waals surface area contributed by atoms with E-state index in [9.17, 15) is 0 Å². The van der Waals surface area contributed by atoms with Crippen LogP contribution in [0.25, 0.3) is 0 Å². The highest BCUT2D eigenvalue weighted by molar-refractivity contribution is 5.40. The summed E-state index contributed by atoms with van der Waals surface area (Å²) < 4.78 is 10.5. The number of hydrogen-bond donors (Lipinski definition) is 0. The first-order valence-electron chi connectivity index (χ1n) is 5.49. The molecule has 2 rings (SSSR count). The first-order chi connectivity index (χ1) is 8.81. The van der Waals surface area contributed by atoms with Gasteiger partial charge in [0.05, 0.1) is 0 Å². The standard InChI is InChI=1S/C14H12N2O2/c1-11-5-4-6-13(18-10-15)12(11)9-17-14-7-2-3-8-16-14/h2-8H,9H2,1H3. The van der Waals surface area contributed by atoms with Gasteiger partial charge in [0.25, 0.3) is 6.26 Å². The molecule has 0 unspecified atom stereocenters. The number of hydrogen-bond acceptors (Lipinski definition) is 4. The van der Waals surface area contributed by atoms with E-state index in [0.717, 1.165) is 11.1 Å². The van der Waals surface area contributed by atoms with Crippen LogP contribution in [0.2, 0.25) is 0 Å². The molecule has 0 spiro atoms. The van der Waals surface area contributed by atoms with Gasteiger partial charge < -0.3 is 9.47 Å². The number of benzene rings is 1. The molecule has 0 aliphatic carbocycles. The van der Waals surface area contributed by atoms with Crippen molar-refractivity contribution in [3.05, 3.63) is 53.7 Å². The van der Waals surface area contributed by atoms with Crippen LogP contribution in [0.3, 0.4) is 0 Å². The molecule has 0 N–H and O–H groups in total. The summed E-state index contributed by atoms with van der Waals surface area (Å²) in [6.45, 7) is 2.27. The van der Waals surface area contributed by atoms with Gasteiger partial charge in [-0.2, -0.15) is 0 Å². The average Bonchev–Trinajstić information content (AvgIpc) is 2.40. The molecule has 0 aliphatic heterocycles. The highest BCUT2D eigenvalue weighted by Crippen LogP contribution is 2.23. The molecule has 0 bridgehead atoms. The number of aromatic nitrogens is 1. The molecule has 1 heterocycles. The molecule has 0 atom stereocenters. The molecule has 0 saturated carbocycles. The predicted octanol–water partition coefficient (Wildman–Crippen LogP) is 2.83. The van der Waals surface area contributed by atoms with Crippen molar-refractivity contribution < 1.29 is 9.47 Å². The van der Waals surface area contributed by atoms with Crippen molar-refractivity contribution in [1.29, 1.82) is 5.26 Å². The largest absolute Gasteiger partial charge is 0.473 e. The zero-order valence-corrected chi connectivity index (χ0v) is 9.96. The Morgan fingerprint density at radius 3 is 2.83 bits per heavy atom. The van der Waals surface area contributed by atoms with Gasteiger partial charge in [0.15, 0.2) is 0 Å². The summed E-state index contributed by atoms with van der Waals surface area (Å²) in [5.41, 5.74) is 1.86. The third-order valence-electron chi connectivity index (χ3n) is 2.53.